The van der Waals surface area contributed by atoms with E-state index in [9.17, 15) is 5.11 Å². The Labute approximate surface area is 106 Å². The first-order valence-corrected chi connectivity index (χ1v) is 6.29. The zero-order chi connectivity index (χ0) is 13.1. The molecule has 1 N–H and O–H groups in total. The Morgan fingerprint density at radius 1 is 0.833 bits per heavy atom. The maximum Gasteiger partial charge on any atom is 0.190 e. The van der Waals surface area contributed by atoms with E-state index >= 15 is 0 Å². The third-order valence-electron chi connectivity index (χ3n) is 3.43. The molecule has 0 aliphatic carbocycles. The first kappa shape index (κ1) is 12.8. The molecule has 0 aromatic carbocycles. The Morgan fingerprint density at radius 2 is 1.39 bits per heavy atom. The lowest BCUT2D eigenvalue weighted by Gasteiger charge is -2.36. The highest BCUT2D eigenvalue weighted by molar-refractivity contribution is 4.99. The maximum absolute atomic E-state index is 9.40. The lowest BCUT2D eigenvalue weighted by atomic mass is 9.99. The van der Waals surface area contributed by atoms with Gasteiger partial charge in [0.05, 0.1) is 6.61 Å². The van der Waals surface area contributed by atoms with Crippen LogP contribution in [-0.4, -0.2) is 54.0 Å². The molecule has 0 spiro atoms. The fourth-order valence-electron chi connectivity index (χ4n) is 2.84. The quantitative estimate of drug-likeness (QED) is 0.735. The zero-order valence-electron chi connectivity index (χ0n) is 11.1. The van der Waals surface area contributed by atoms with Crippen molar-refractivity contribution in [1.29, 1.82) is 0 Å². The molecule has 0 aromatic heterocycles. The molecule has 3 fully saturated rings. The summed E-state index contributed by atoms with van der Waals surface area (Å²) in [5.41, 5.74) is 0. The largest absolute Gasteiger partial charge is 0.394 e. The lowest BCUT2D eigenvalue weighted by molar-refractivity contribution is -0.240. The fraction of sp³-hybridized carbons (Fsp3) is 1.00. The molecule has 0 amide bonds. The molecular weight excluding hydrogens is 240 g/mol. The van der Waals surface area contributed by atoms with E-state index in [0.717, 1.165) is 0 Å². The summed E-state index contributed by atoms with van der Waals surface area (Å²) in [6.07, 6.45) is -1.90. The second-order valence-electron chi connectivity index (χ2n) is 5.89. The molecule has 3 aliphatic heterocycles. The molecule has 6 heteroatoms. The molecule has 0 bridgehead atoms. The number of fused-ring (bicyclic) bond motifs is 3. The van der Waals surface area contributed by atoms with Gasteiger partial charge in [-0.2, -0.15) is 0 Å². The summed E-state index contributed by atoms with van der Waals surface area (Å²) in [5.74, 6) is -1.41. The minimum Gasteiger partial charge on any atom is -0.394 e. The van der Waals surface area contributed by atoms with Gasteiger partial charge in [-0.05, 0) is 27.7 Å². The Morgan fingerprint density at radius 3 is 2.06 bits per heavy atom. The number of hydrogen-bond acceptors (Lipinski definition) is 6. The number of hydrogen-bond donors (Lipinski definition) is 1. The van der Waals surface area contributed by atoms with Crippen molar-refractivity contribution in [2.24, 2.45) is 0 Å². The molecule has 18 heavy (non-hydrogen) atoms. The molecule has 0 aromatic rings. The van der Waals surface area contributed by atoms with Crippen molar-refractivity contribution in [2.45, 2.75) is 70.0 Å². The monoisotopic (exact) mass is 260 g/mol. The Kier molecular flexibility index (Phi) is 2.75. The summed E-state index contributed by atoms with van der Waals surface area (Å²) >= 11 is 0. The Bertz CT molecular complexity index is 341. The highest BCUT2D eigenvalue weighted by Gasteiger charge is 2.60. The second-order valence-corrected chi connectivity index (χ2v) is 5.89. The SMILES string of the molecule is CC1(C)O[C@H]2OC(CO)[C@@H]3OC(C)(C)O[C@@H]3[C@H]2O1. The number of aliphatic hydroxyl groups is 1. The van der Waals surface area contributed by atoms with E-state index in [4.69, 9.17) is 23.7 Å². The number of rotatable bonds is 1. The minimum atomic E-state index is -0.708. The van der Waals surface area contributed by atoms with Gasteiger partial charge in [-0.25, -0.2) is 0 Å². The van der Waals surface area contributed by atoms with Crippen molar-refractivity contribution in [1.82, 2.24) is 0 Å². The molecule has 3 saturated heterocycles. The van der Waals surface area contributed by atoms with Gasteiger partial charge in [0, 0.05) is 0 Å². The van der Waals surface area contributed by atoms with Gasteiger partial charge in [0.25, 0.3) is 0 Å². The van der Waals surface area contributed by atoms with Crippen LogP contribution in [0.25, 0.3) is 0 Å². The van der Waals surface area contributed by atoms with Crippen molar-refractivity contribution in [3.63, 3.8) is 0 Å². The summed E-state index contributed by atoms with van der Waals surface area (Å²) in [7, 11) is 0. The van der Waals surface area contributed by atoms with Gasteiger partial charge in [-0.1, -0.05) is 0 Å². The summed E-state index contributed by atoms with van der Waals surface area (Å²) < 4.78 is 28.9. The normalized spacial score (nSPS) is 48.8. The van der Waals surface area contributed by atoms with Crippen LogP contribution in [0.1, 0.15) is 27.7 Å². The smallest absolute Gasteiger partial charge is 0.190 e. The van der Waals surface area contributed by atoms with Crippen molar-refractivity contribution in [2.75, 3.05) is 6.61 Å². The lowest BCUT2D eigenvalue weighted by Crippen LogP contribution is -2.56. The van der Waals surface area contributed by atoms with E-state index in [1.807, 2.05) is 27.7 Å². The molecule has 104 valence electrons. The van der Waals surface area contributed by atoms with E-state index < -0.39 is 24.0 Å². The van der Waals surface area contributed by atoms with Crippen LogP contribution in [0.15, 0.2) is 0 Å². The molecule has 0 saturated carbocycles. The second kappa shape index (κ2) is 3.88. The van der Waals surface area contributed by atoms with Gasteiger partial charge < -0.3 is 28.8 Å². The van der Waals surface area contributed by atoms with Crippen LogP contribution >= 0.6 is 0 Å². The average molecular weight is 260 g/mol. The highest BCUT2D eigenvalue weighted by atomic mass is 16.9. The van der Waals surface area contributed by atoms with Crippen LogP contribution in [-0.2, 0) is 23.7 Å². The minimum absolute atomic E-state index is 0.131. The van der Waals surface area contributed by atoms with Crippen LogP contribution in [0.5, 0.6) is 0 Å². The Balaban J connectivity index is 1.86. The first-order valence-electron chi connectivity index (χ1n) is 6.29. The summed E-state index contributed by atoms with van der Waals surface area (Å²) in [6, 6.07) is 0. The van der Waals surface area contributed by atoms with Gasteiger partial charge in [0.1, 0.15) is 24.4 Å². The van der Waals surface area contributed by atoms with Crippen molar-refractivity contribution >= 4 is 0 Å². The molecule has 3 aliphatic rings. The maximum atomic E-state index is 9.40. The van der Waals surface area contributed by atoms with E-state index in [0.29, 0.717) is 0 Å². The van der Waals surface area contributed by atoms with E-state index in [1.165, 1.54) is 0 Å². The number of ether oxygens (including phenoxy) is 5. The topological polar surface area (TPSA) is 66.4 Å². The van der Waals surface area contributed by atoms with Crippen molar-refractivity contribution in [3.05, 3.63) is 0 Å². The molecule has 0 radical (unpaired) electrons. The van der Waals surface area contributed by atoms with E-state index in [1.54, 1.807) is 0 Å². The molecule has 3 heterocycles. The van der Waals surface area contributed by atoms with Gasteiger partial charge >= 0.3 is 0 Å². The summed E-state index contributed by atoms with van der Waals surface area (Å²) in [4.78, 5) is 0. The molecule has 3 rings (SSSR count). The van der Waals surface area contributed by atoms with Gasteiger partial charge in [0.15, 0.2) is 17.9 Å². The first-order chi connectivity index (χ1) is 8.31. The van der Waals surface area contributed by atoms with Crippen molar-refractivity contribution in [3.8, 4) is 0 Å². The summed E-state index contributed by atoms with van der Waals surface area (Å²) in [6.45, 7) is 7.22. The third-order valence-corrected chi connectivity index (χ3v) is 3.43. The third kappa shape index (κ3) is 1.97. The van der Waals surface area contributed by atoms with Crippen LogP contribution < -0.4 is 0 Å². The fourth-order valence-corrected chi connectivity index (χ4v) is 2.84. The van der Waals surface area contributed by atoms with Crippen LogP contribution in [0.3, 0.4) is 0 Å². The highest BCUT2D eigenvalue weighted by Crippen LogP contribution is 2.43. The predicted octanol–water partition coefficient (Wildman–Crippen LogP) is 0.375. The predicted molar refractivity (Wildman–Crippen MR) is 59.6 cm³/mol. The van der Waals surface area contributed by atoms with Gasteiger partial charge in [-0.15, -0.1) is 0 Å². The van der Waals surface area contributed by atoms with Crippen LogP contribution in [0.2, 0.25) is 0 Å². The summed E-state index contributed by atoms with van der Waals surface area (Å²) in [5, 5.41) is 9.40. The van der Waals surface area contributed by atoms with Crippen LogP contribution in [0.4, 0.5) is 0 Å². The van der Waals surface area contributed by atoms with E-state index in [-0.39, 0.29) is 24.9 Å². The van der Waals surface area contributed by atoms with Crippen molar-refractivity contribution < 1.29 is 28.8 Å². The molecule has 6 nitrogen and oxygen atoms in total. The standard InChI is InChI=1S/C12H20O6/c1-11(2)15-7-6(5-13)14-10-9(8(7)16-11)17-12(3,4)18-10/h6-10,13H,5H2,1-4H3/t6?,7-,8-,9+,10+/m0/s1. The molecule has 1 unspecified atom stereocenters. The van der Waals surface area contributed by atoms with E-state index in [2.05, 4.69) is 0 Å². The Hall–Kier alpha value is -0.240. The van der Waals surface area contributed by atoms with Crippen LogP contribution in [0, 0.1) is 0 Å². The zero-order valence-corrected chi connectivity index (χ0v) is 11.1. The average Bonchev–Trinajstić information content (AvgIpc) is 2.71. The number of aliphatic hydroxyl groups excluding tert-OH is 1. The van der Waals surface area contributed by atoms with Gasteiger partial charge in [-0.3, -0.25) is 0 Å². The molecular formula is C12H20O6. The van der Waals surface area contributed by atoms with Gasteiger partial charge in [0.2, 0.25) is 0 Å². The molecule has 5 atom stereocenters.